The van der Waals surface area contributed by atoms with Gasteiger partial charge in [-0.2, -0.15) is 0 Å². The number of thioether (sulfide) groups is 1. The molecule has 1 aliphatic rings. The molecule has 4 aromatic rings. The lowest BCUT2D eigenvalue weighted by Gasteiger charge is -2.17. The van der Waals surface area contributed by atoms with Gasteiger partial charge in [-0.05, 0) is 48.4 Å². The Balaban J connectivity index is 1.63. The maximum Gasteiger partial charge on any atom is 0.267 e. The number of rotatable bonds is 7. The van der Waals surface area contributed by atoms with Gasteiger partial charge in [-0.15, -0.1) is 10.2 Å². The first-order valence-corrected chi connectivity index (χ1v) is 12.3. The molecule has 0 unspecified atom stereocenters. The van der Waals surface area contributed by atoms with Gasteiger partial charge >= 0.3 is 0 Å². The summed E-state index contributed by atoms with van der Waals surface area (Å²) in [4.78, 5) is 28.1. The van der Waals surface area contributed by atoms with Crippen molar-refractivity contribution in [3.63, 3.8) is 0 Å². The van der Waals surface area contributed by atoms with Gasteiger partial charge in [0.25, 0.3) is 5.56 Å². The van der Waals surface area contributed by atoms with E-state index in [4.69, 9.17) is 0 Å². The molecular weight excluding hydrogens is 434 g/mol. The first-order chi connectivity index (χ1) is 16.0. The Hall–Kier alpha value is -3.13. The Morgan fingerprint density at radius 1 is 1.12 bits per heavy atom. The van der Waals surface area contributed by atoms with E-state index in [-0.39, 0.29) is 23.1 Å². The van der Waals surface area contributed by atoms with Gasteiger partial charge in [-0.25, -0.2) is 4.57 Å². The molecule has 0 N–H and O–H groups in total. The Labute approximate surface area is 196 Å². The smallest absolute Gasteiger partial charge is 0.267 e. The molecule has 7 nitrogen and oxygen atoms in total. The molecule has 33 heavy (non-hydrogen) atoms. The molecule has 2 aromatic carbocycles. The maximum atomic E-state index is 13.6. The third-order valence-corrected chi connectivity index (χ3v) is 7.09. The fraction of sp³-hybridized carbons (Fsp3) is 0.360. The molecule has 0 bridgehead atoms. The lowest BCUT2D eigenvalue weighted by atomic mass is 10.0. The maximum absolute atomic E-state index is 13.6. The van der Waals surface area contributed by atoms with Gasteiger partial charge in [-0.1, -0.05) is 55.9 Å². The summed E-state index contributed by atoms with van der Waals surface area (Å²) in [6.07, 6.45) is 2.42. The average molecular weight is 462 g/mol. The van der Waals surface area contributed by atoms with Crippen LogP contribution in [-0.4, -0.2) is 49.3 Å². The van der Waals surface area contributed by atoms with E-state index in [1.165, 1.54) is 24.6 Å². The molecule has 1 amide bonds. The van der Waals surface area contributed by atoms with Gasteiger partial charge in [0.15, 0.2) is 5.16 Å². The first-order valence-electron chi connectivity index (χ1n) is 11.3. The van der Waals surface area contributed by atoms with E-state index >= 15 is 0 Å². The largest absolute Gasteiger partial charge is 0.345 e. The van der Waals surface area contributed by atoms with E-state index < -0.39 is 0 Å². The van der Waals surface area contributed by atoms with Crippen LogP contribution in [0.4, 0.5) is 0 Å². The summed E-state index contributed by atoms with van der Waals surface area (Å²) < 4.78 is 3.54. The van der Waals surface area contributed by atoms with Crippen molar-refractivity contribution in [2.24, 2.45) is 5.92 Å². The Morgan fingerprint density at radius 2 is 1.85 bits per heavy atom. The summed E-state index contributed by atoms with van der Waals surface area (Å²) >= 11 is 1.36. The van der Waals surface area contributed by atoms with Crippen molar-refractivity contribution in [3.05, 3.63) is 64.4 Å². The molecule has 5 rings (SSSR count). The van der Waals surface area contributed by atoms with Crippen LogP contribution >= 0.6 is 11.8 Å². The van der Waals surface area contributed by atoms with Crippen LogP contribution in [0.5, 0.6) is 0 Å². The molecule has 2 aromatic heterocycles. The van der Waals surface area contributed by atoms with E-state index in [0.29, 0.717) is 22.2 Å². The lowest BCUT2D eigenvalue weighted by molar-refractivity contribution is -0.127. The third kappa shape index (κ3) is 4.04. The van der Waals surface area contributed by atoms with Gasteiger partial charge in [0.2, 0.25) is 11.7 Å². The number of nitrogens with zero attached hydrogens (tertiary/aromatic N) is 5. The standard InChI is InChI=1S/C25H27N5O2S/c1-16(2)18-8-4-6-10-20(18)29-23(32)19-9-5-7-11-21(19)30-24(29)26-27-25(30)33-15-22(31)28(3)14-17-12-13-17/h4-11,16-17H,12-15H2,1-3H3. The molecule has 0 radical (unpaired) electrons. The molecule has 0 saturated heterocycles. The fourth-order valence-electron chi connectivity index (χ4n) is 4.19. The zero-order valence-corrected chi connectivity index (χ0v) is 19.9. The van der Waals surface area contributed by atoms with Crippen LogP contribution in [0.1, 0.15) is 38.2 Å². The highest BCUT2D eigenvalue weighted by Crippen LogP contribution is 2.30. The second-order valence-electron chi connectivity index (χ2n) is 9.00. The van der Waals surface area contributed by atoms with Crippen LogP contribution in [0.2, 0.25) is 0 Å². The van der Waals surface area contributed by atoms with E-state index in [1.54, 1.807) is 9.47 Å². The number of fused-ring (bicyclic) bond motifs is 3. The van der Waals surface area contributed by atoms with E-state index in [0.717, 1.165) is 23.3 Å². The van der Waals surface area contributed by atoms with Crippen LogP contribution in [-0.2, 0) is 4.79 Å². The predicted octanol–water partition coefficient (Wildman–Crippen LogP) is 4.12. The summed E-state index contributed by atoms with van der Waals surface area (Å²) in [7, 11) is 1.86. The van der Waals surface area contributed by atoms with Gasteiger partial charge in [0, 0.05) is 13.6 Å². The summed E-state index contributed by atoms with van der Waals surface area (Å²) in [5, 5.41) is 10.0. The quantitative estimate of drug-likeness (QED) is 0.387. The van der Waals surface area contributed by atoms with Crippen LogP contribution in [0.15, 0.2) is 58.5 Å². The molecule has 0 aliphatic heterocycles. The molecule has 0 spiro atoms. The van der Waals surface area contributed by atoms with E-state index in [1.807, 2.05) is 60.0 Å². The van der Waals surface area contributed by atoms with Crippen molar-refractivity contribution in [2.45, 2.75) is 37.8 Å². The normalized spacial score (nSPS) is 13.8. The van der Waals surface area contributed by atoms with Gasteiger partial charge in [-0.3, -0.25) is 14.0 Å². The van der Waals surface area contributed by atoms with Crippen LogP contribution in [0.25, 0.3) is 22.4 Å². The second kappa shape index (κ2) is 8.67. The molecule has 1 saturated carbocycles. The van der Waals surface area contributed by atoms with Crippen molar-refractivity contribution in [2.75, 3.05) is 19.3 Å². The predicted molar refractivity (Wildman–Crippen MR) is 131 cm³/mol. The minimum absolute atomic E-state index is 0.0754. The van der Waals surface area contributed by atoms with Crippen molar-refractivity contribution in [3.8, 4) is 5.69 Å². The molecule has 170 valence electrons. The van der Waals surface area contributed by atoms with Crippen LogP contribution in [0, 0.1) is 5.92 Å². The highest BCUT2D eigenvalue weighted by molar-refractivity contribution is 7.99. The van der Waals surface area contributed by atoms with Crippen LogP contribution in [0.3, 0.4) is 0 Å². The fourth-order valence-corrected chi connectivity index (χ4v) is 5.08. The monoisotopic (exact) mass is 461 g/mol. The summed E-state index contributed by atoms with van der Waals surface area (Å²) in [6, 6.07) is 15.4. The summed E-state index contributed by atoms with van der Waals surface area (Å²) in [5.41, 5.74) is 2.47. The zero-order valence-electron chi connectivity index (χ0n) is 19.1. The third-order valence-electron chi connectivity index (χ3n) is 6.17. The number of hydrogen-bond acceptors (Lipinski definition) is 5. The van der Waals surface area contributed by atoms with Gasteiger partial charge in [0.1, 0.15) is 0 Å². The number of benzene rings is 2. The Bertz CT molecular complexity index is 1400. The van der Waals surface area contributed by atoms with Crippen molar-refractivity contribution in [1.82, 2.24) is 24.1 Å². The van der Waals surface area contributed by atoms with Crippen molar-refractivity contribution in [1.29, 1.82) is 0 Å². The van der Waals surface area contributed by atoms with Gasteiger partial charge < -0.3 is 4.90 Å². The van der Waals surface area contributed by atoms with Gasteiger partial charge in [0.05, 0.1) is 22.3 Å². The molecular formula is C25H27N5O2S. The number of amides is 1. The molecule has 1 fully saturated rings. The first kappa shape index (κ1) is 21.7. The SMILES string of the molecule is CC(C)c1ccccc1-n1c(=O)c2ccccc2n2c(SCC(=O)N(C)CC3CC3)nnc12. The van der Waals surface area contributed by atoms with Crippen molar-refractivity contribution >= 4 is 34.3 Å². The zero-order chi connectivity index (χ0) is 23.1. The Kier molecular flexibility index (Phi) is 5.70. The number of hydrogen-bond donors (Lipinski definition) is 0. The highest BCUT2D eigenvalue weighted by Gasteiger charge is 2.25. The minimum Gasteiger partial charge on any atom is -0.345 e. The molecule has 0 atom stereocenters. The van der Waals surface area contributed by atoms with Crippen LogP contribution < -0.4 is 5.56 Å². The number of aromatic nitrogens is 4. The molecule has 8 heteroatoms. The summed E-state index contributed by atoms with van der Waals surface area (Å²) in [6.45, 7) is 5.03. The minimum atomic E-state index is -0.129. The lowest BCUT2D eigenvalue weighted by Crippen LogP contribution is -2.30. The molecule has 1 aliphatic carbocycles. The molecule has 2 heterocycles. The summed E-state index contributed by atoms with van der Waals surface area (Å²) in [5.74, 6) is 1.69. The second-order valence-corrected chi connectivity index (χ2v) is 9.94. The Morgan fingerprint density at radius 3 is 2.61 bits per heavy atom. The van der Waals surface area contributed by atoms with E-state index in [9.17, 15) is 9.59 Å². The number of carbonyl (C=O) groups excluding carboxylic acids is 1. The number of carbonyl (C=O) groups is 1. The topological polar surface area (TPSA) is 72.5 Å². The number of para-hydroxylation sites is 2. The highest BCUT2D eigenvalue weighted by atomic mass is 32.2. The van der Waals surface area contributed by atoms with Crippen molar-refractivity contribution < 1.29 is 4.79 Å². The van der Waals surface area contributed by atoms with E-state index in [2.05, 4.69) is 24.0 Å². The average Bonchev–Trinajstić information content (AvgIpc) is 3.54.